The molecule has 0 unspecified atom stereocenters. The van der Waals surface area contributed by atoms with E-state index >= 15 is 0 Å². The summed E-state index contributed by atoms with van der Waals surface area (Å²) in [5.41, 5.74) is 5.52. The Balaban J connectivity index is 0.00000225. The Labute approximate surface area is 105 Å². The lowest BCUT2D eigenvalue weighted by molar-refractivity contribution is 0.423. The molecular formula is C10H23ClN2O2S. The third-order valence-electron chi connectivity index (χ3n) is 3.23. The average Bonchev–Trinajstić information content (AvgIpc) is 2.49. The monoisotopic (exact) mass is 270 g/mol. The van der Waals surface area contributed by atoms with Gasteiger partial charge in [-0.3, -0.25) is 0 Å². The molecule has 0 aliphatic carbocycles. The molecule has 1 saturated heterocycles. The molecule has 0 aromatic rings. The molecule has 0 aromatic carbocycles. The number of hydrogen-bond acceptors (Lipinski definition) is 3. The van der Waals surface area contributed by atoms with Crippen molar-refractivity contribution < 1.29 is 8.42 Å². The molecule has 1 fully saturated rings. The minimum Gasteiger partial charge on any atom is -0.330 e. The van der Waals surface area contributed by atoms with E-state index < -0.39 is 10.0 Å². The summed E-state index contributed by atoms with van der Waals surface area (Å²) in [5.74, 6) is 0.866. The predicted octanol–water partition coefficient (Wildman–Crippen LogP) is 1.06. The van der Waals surface area contributed by atoms with Gasteiger partial charge in [-0.25, -0.2) is 12.7 Å². The van der Waals surface area contributed by atoms with Crippen LogP contribution in [-0.4, -0.2) is 37.6 Å². The van der Waals surface area contributed by atoms with E-state index in [9.17, 15) is 8.42 Å². The molecule has 0 aromatic heterocycles. The predicted molar refractivity (Wildman–Crippen MR) is 69.2 cm³/mol. The number of nitrogens with zero attached hydrogens (tertiary/aromatic N) is 1. The van der Waals surface area contributed by atoms with Crippen LogP contribution < -0.4 is 5.73 Å². The molecule has 98 valence electrons. The van der Waals surface area contributed by atoms with Gasteiger partial charge in [0.1, 0.15) is 0 Å². The summed E-state index contributed by atoms with van der Waals surface area (Å²) < 4.78 is 25.5. The molecule has 1 aliphatic rings. The van der Waals surface area contributed by atoms with Gasteiger partial charge in [0.2, 0.25) is 10.0 Å². The highest BCUT2D eigenvalue weighted by Crippen LogP contribution is 2.28. The maximum atomic E-state index is 11.9. The summed E-state index contributed by atoms with van der Waals surface area (Å²) in [6.45, 7) is 7.53. The first-order chi connectivity index (χ1) is 6.89. The van der Waals surface area contributed by atoms with Crippen LogP contribution in [0.1, 0.15) is 27.2 Å². The van der Waals surface area contributed by atoms with Gasteiger partial charge < -0.3 is 5.73 Å². The van der Waals surface area contributed by atoms with E-state index in [2.05, 4.69) is 6.92 Å². The number of sulfonamides is 1. The normalized spacial score (nSPS) is 27.1. The van der Waals surface area contributed by atoms with Crippen LogP contribution in [0.3, 0.4) is 0 Å². The molecule has 6 heteroatoms. The molecular weight excluding hydrogens is 248 g/mol. The van der Waals surface area contributed by atoms with Gasteiger partial charge in [0.25, 0.3) is 0 Å². The minimum atomic E-state index is -3.07. The van der Waals surface area contributed by atoms with E-state index in [-0.39, 0.29) is 17.7 Å². The van der Waals surface area contributed by atoms with Gasteiger partial charge in [-0.15, -0.1) is 12.4 Å². The molecule has 2 atom stereocenters. The highest BCUT2D eigenvalue weighted by molar-refractivity contribution is 7.89. The lowest BCUT2D eigenvalue weighted by atomic mass is 9.95. The van der Waals surface area contributed by atoms with Crippen LogP contribution in [0.5, 0.6) is 0 Å². The first kappa shape index (κ1) is 16.2. The zero-order valence-corrected chi connectivity index (χ0v) is 11.9. The Morgan fingerprint density at radius 3 is 2.38 bits per heavy atom. The van der Waals surface area contributed by atoms with E-state index in [1.165, 1.54) is 0 Å². The maximum absolute atomic E-state index is 11.9. The van der Waals surface area contributed by atoms with E-state index in [0.717, 1.165) is 6.42 Å². The Morgan fingerprint density at radius 2 is 1.94 bits per heavy atom. The second-order valence-corrected chi connectivity index (χ2v) is 7.21. The number of halogens is 1. The highest BCUT2D eigenvalue weighted by atomic mass is 35.5. The van der Waals surface area contributed by atoms with Crippen LogP contribution in [0.15, 0.2) is 0 Å². The minimum absolute atomic E-state index is 0. The van der Waals surface area contributed by atoms with Crippen molar-refractivity contribution >= 4 is 22.4 Å². The lowest BCUT2D eigenvalue weighted by Crippen LogP contribution is -2.34. The maximum Gasteiger partial charge on any atom is 0.216 e. The third kappa shape index (κ3) is 3.32. The molecule has 0 spiro atoms. The second kappa shape index (κ2) is 6.19. The topological polar surface area (TPSA) is 63.4 Å². The van der Waals surface area contributed by atoms with E-state index in [0.29, 0.717) is 31.5 Å². The van der Waals surface area contributed by atoms with Crippen LogP contribution in [0.25, 0.3) is 0 Å². The highest BCUT2D eigenvalue weighted by Gasteiger charge is 2.36. The summed E-state index contributed by atoms with van der Waals surface area (Å²) >= 11 is 0. The SMILES string of the molecule is CC(C)S(=O)(=O)N1C[C@@H](CCN)[C@H](C)C1.Cl. The Hall–Kier alpha value is 0.160. The van der Waals surface area contributed by atoms with Crippen molar-refractivity contribution in [1.29, 1.82) is 0 Å². The molecule has 0 amide bonds. The van der Waals surface area contributed by atoms with Crippen molar-refractivity contribution in [2.24, 2.45) is 17.6 Å². The van der Waals surface area contributed by atoms with Crippen molar-refractivity contribution in [3.63, 3.8) is 0 Å². The summed E-state index contributed by atoms with van der Waals surface area (Å²) in [6.07, 6.45) is 0.922. The lowest BCUT2D eigenvalue weighted by Gasteiger charge is -2.18. The van der Waals surface area contributed by atoms with Crippen LogP contribution in [0.4, 0.5) is 0 Å². The van der Waals surface area contributed by atoms with Gasteiger partial charge in [-0.05, 0) is 38.6 Å². The van der Waals surface area contributed by atoms with Crippen molar-refractivity contribution in [1.82, 2.24) is 4.31 Å². The van der Waals surface area contributed by atoms with Crippen LogP contribution in [0, 0.1) is 11.8 Å². The van der Waals surface area contributed by atoms with Crippen molar-refractivity contribution in [2.45, 2.75) is 32.4 Å². The standard InChI is InChI=1S/C10H22N2O2S.ClH/c1-8(2)15(13,14)12-6-9(3)10(7-12)4-5-11;/h8-10H,4-7,11H2,1-3H3;1H/t9-,10-;/m1./s1. The fraction of sp³-hybridized carbons (Fsp3) is 1.00. The fourth-order valence-electron chi connectivity index (χ4n) is 2.08. The fourth-order valence-corrected chi connectivity index (χ4v) is 3.52. The van der Waals surface area contributed by atoms with Crippen molar-refractivity contribution in [3.05, 3.63) is 0 Å². The molecule has 2 N–H and O–H groups in total. The quantitative estimate of drug-likeness (QED) is 0.831. The largest absolute Gasteiger partial charge is 0.330 e. The van der Waals surface area contributed by atoms with Crippen molar-refractivity contribution in [3.8, 4) is 0 Å². The Kier molecular flexibility index (Phi) is 6.25. The summed E-state index contributed by atoms with van der Waals surface area (Å²) in [7, 11) is -3.07. The van der Waals surface area contributed by atoms with E-state index in [1.807, 2.05) is 0 Å². The zero-order valence-electron chi connectivity index (χ0n) is 10.2. The van der Waals surface area contributed by atoms with Crippen LogP contribution >= 0.6 is 12.4 Å². The molecule has 0 radical (unpaired) electrons. The molecule has 1 rings (SSSR count). The summed E-state index contributed by atoms with van der Waals surface area (Å²) in [4.78, 5) is 0. The molecule has 1 aliphatic heterocycles. The Morgan fingerprint density at radius 1 is 1.38 bits per heavy atom. The van der Waals surface area contributed by atoms with Crippen LogP contribution in [-0.2, 0) is 10.0 Å². The van der Waals surface area contributed by atoms with Gasteiger partial charge in [0.15, 0.2) is 0 Å². The molecule has 1 heterocycles. The first-order valence-electron chi connectivity index (χ1n) is 5.58. The molecule has 16 heavy (non-hydrogen) atoms. The van der Waals surface area contributed by atoms with Crippen LogP contribution in [0.2, 0.25) is 0 Å². The summed E-state index contributed by atoms with van der Waals surface area (Å²) in [5, 5.41) is -0.318. The van der Waals surface area contributed by atoms with E-state index in [4.69, 9.17) is 5.73 Å². The smallest absolute Gasteiger partial charge is 0.216 e. The van der Waals surface area contributed by atoms with Gasteiger partial charge in [0.05, 0.1) is 5.25 Å². The molecule has 4 nitrogen and oxygen atoms in total. The van der Waals surface area contributed by atoms with Crippen molar-refractivity contribution in [2.75, 3.05) is 19.6 Å². The Bertz CT molecular complexity index is 306. The average molecular weight is 271 g/mol. The van der Waals surface area contributed by atoms with Gasteiger partial charge in [0, 0.05) is 13.1 Å². The third-order valence-corrected chi connectivity index (χ3v) is 5.44. The van der Waals surface area contributed by atoms with Gasteiger partial charge in [-0.2, -0.15) is 0 Å². The van der Waals surface area contributed by atoms with Gasteiger partial charge in [-0.1, -0.05) is 6.92 Å². The number of rotatable bonds is 4. The molecule has 0 saturated carbocycles. The molecule has 0 bridgehead atoms. The summed E-state index contributed by atoms with van der Waals surface area (Å²) in [6, 6.07) is 0. The second-order valence-electron chi connectivity index (χ2n) is 4.73. The number of nitrogens with two attached hydrogens (primary N) is 1. The first-order valence-corrected chi connectivity index (χ1v) is 7.09. The van der Waals surface area contributed by atoms with E-state index in [1.54, 1.807) is 18.2 Å². The zero-order chi connectivity index (χ0) is 11.6. The van der Waals surface area contributed by atoms with Gasteiger partial charge >= 0.3 is 0 Å². The number of hydrogen-bond donors (Lipinski definition) is 1.